The Bertz CT molecular complexity index is 1140. The third-order valence-electron chi connectivity index (χ3n) is 5.39. The molecule has 11 heteroatoms. The highest BCUT2D eigenvalue weighted by Gasteiger charge is 2.62. The van der Waals surface area contributed by atoms with Crippen LogP contribution in [0.1, 0.15) is 22.4 Å². The minimum Gasteiger partial charge on any atom is -0.465 e. The van der Waals surface area contributed by atoms with E-state index in [2.05, 4.69) is 9.98 Å². The number of nitrogens with zero attached hydrogens (tertiary/aromatic N) is 3. The number of hydrogen-bond acceptors (Lipinski definition) is 6. The first kappa shape index (κ1) is 21.7. The Hall–Kier alpha value is -3.52. The molecule has 0 radical (unpaired) electrons. The maximum absolute atomic E-state index is 14.8. The van der Waals surface area contributed by atoms with Gasteiger partial charge in [0.15, 0.2) is 6.10 Å². The van der Waals surface area contributed by atoms with Crippen molar-refractivity contribution in [3.8, 4) is 6.07 Å². The van der Waals surface area contributed by atoms with Gasteiger partial charge in [-0.05, 0) is 35.9 Å². The smallest absolute Gasteiger partial charge is 0.415 e. The van der Waals surface area contributed by atoms with Gasteiger partial charge >= 0.3 is 6.18 Å². The predicted molar refractivity (Wildman–Crippen MR) is 103 cm³/mol. The molecule has 166 valence electrons. The number of alkyl halides is 3. The Balaban J connectivity index is 1.76. The van der Waals surface area contributed by atoms with Crippen LogP contribution in [0.3, 0.4) is 0 Å². The molecule has 0 aliphatic carbocycles. The van der Waals surface area contributed by atoms with Gasteiger partial charge in [-0.3, -0.25) is 4.98 Å². The van der Waals surface area contributed by atoms with Gasteiger partial charge in [0.25, 0.3) is 6.02 Å². The van der Waals surface area contributed by atoms with Gasteiger partial charge in [0.2, 0.25) is 0 Å². The van der Waals surface area contributed by atoms with E-state index in [0.717, 1.165) is 12.1 Å². The van der Waals surface area contributed by atoms with Gasteiger partial charge in [-0.15, -0.1) is 0 Å². The summed E-state index contributed by atoms with van der Waals surface area (Å²) in [6.45, 7) is -1.04. The second-order valence-electron chi connectivity index (χ2n) is 7.34. The molecule has 2 aromatic rings. The molecule has 2 N–H and O–H groups in total. The lowest BCUT2D eigenvalue weighted by molar-refractivity contribution is -0.219. The molecule has 3 heterocycles. The molecule has 4 rings (SSSR count). The molecule has 0 amide bonds. The van der Waals surface area contributed by atoms with Gasteiger partial charge in [0.1, 0.15) is 23.3 Å². The van der Waals surface area contributed by atoms with Crippen molar-refractivity contribution in [1.82, 2.24) is 4.98 Å². The molecule has 1 fully saturated rings. The highest BCUT2D eigenvalue weighted by molar-refractivity contribution is 5.76. The van der Waals surface area contributed by atoms with Gasteiger partial charge < -0.3 is 15.2 Å². The number of amidine groups is 1. The molecule has 0 spiro atoms. The number of rotatable bonds is 3. The van der Waals surface area contributed by atoms with Crippen molar-refractivity contribution < 1.29 is 31.4 Å². The molecule has 0 unspecified atom stereocenters. The number of aromatic nitrogens is 1. The van der Waals surface area contributed by atoms with Crippen molar-refractivity contribution in [2.75, 3.05) is 13.2 Å². The highest BCUT2D eigenvalue weighted by Crippen LogP contribution is 2.50. The Morgan fingerprint density at radius 2 is 2.06 bits per heavy atom. The van der Waals surface area contributed by atoms with E-state index in [9.17, 15) is 22.0 Å². The van der Waals surface area contributed by atoms with E-state index in [1.807, 2.05) is 6.07 Å². The van der Waals surface area contributed by atoms with Crippen molar-refractivity contribution in [3.05, 3.63) is 64.7 Å². The third-order valence-corrected chi connectivity index (χ3v) is 5.39. The van der Waals surface area contributed by atoms with Gasteiger partial charge in [0.05, 0.1) is 30.4 Å². The monoisotopic (exact) mass is 450 g/mol. The lowest BCUT2D eigenvalue weighted by atomic mass is 9.77. The molecule has 32 heavy (non-hydrogen) atoms. The van der Waals surface area contributed by atoms with Gasteiger partial charge in [0, 0.05) is 11.8 Å². The van der Waals surface area contributed by atoms with Gasteiger partial charge in [-0.2, -0.15) is 18.4 Å². The first-order valence-electron chi connectivity index (χ1n) is 9.34. The molecular weight excluding hydrogens is 435 g/mol. The molecule has 1 saturated heterocycles. The summed E-state index contributed by atoms with van der Waals surface area (Å²) in [6.07, 6.45) is -4.71. The predicted octanol–water partition coefficient (Wildman–Crippen LogP) is 3.68. The Labute approximate surface area is 178 Å². The number of aliphatic imine (C=N–C) groups is 1. The zero-order chi connectivity index (χ0) is 23.1. The van der Waals surface area contributed by atoms with Crippen LogP contribution in [0.5, 0.6) is 0 Å². The molecule has 1 aromatic carbocycles. The average molecular weight is 450 g/mol. The second-order valence-corrected chi connectivity index (χ2v) is 7.34. The summed E-state index contributed by atoms with van der Waals surface area (Å²) >= 11 is 0. The first-order valence-corrected chi connectivity index (χ1v) is 9.34. The third kappa shape index (κ3) is 3.78. The van der Waals surface area contributed by atoms with Crippen LogP contribution >= 0.6 is 0 Å². The number of benzene rings is 1. The average Bonchev–Trinajstić information content (AvgIpc) is 3.15. The van der Waals surface area contributed by atoms with E-state index < -0.39 is 48.6 Å². The number of nitrogens with two attached hydrogens (primary N) is 1. The summed E-state index contributed by atoms with van der Waals surface area (Å²) in [7, 11) is 0. The second kappa shape index (κ2) is 7.87. The van der Waals surface area contributed by atoms with Crippen molar-refractivity contribution in [2.24, 2.45) is 16.6 Å². The summed E-state index contributed by atoms with van der Waals surface area (Å²) in [6, 6.07) is 7.62. The maximum atomic E-state index is 14.8. The molecule has 2 aliphatic rings. The summed E-state index contributed by atoms with van der Waals surface area (Å²) in [5, 5.41) is 8.80. The molecule has 1 aromatic heterocycles. The summed E-state index contributed by atoms with van der Waals surface area (Å²) in [5.41, 5.74) is 3.94. The Morgan fingerprint density at radius 3 is 2.72 bits per heavy atom. The van der Waals surface area contributed by atoms with Crippen LogP contribution in [-0.2, 0) is 15.0 Å². The van der Waals surface area contributed by atoms with Gasteiger partial charge in [-0.25, -0.2) is 13.8 Å². The molecule has 0 bridgehead atoms. The molecule has 0 saturated carbocycles. The topological polar surface area (TPSA) is 93.5 Å². The van der Waals surface area contributed by atoms with Gasteiger partial charge in [-0.1, -0.05) is 6.07 Å². The van der Waals surface area contributed by atoms with E-state index in [1.54, 1.807) is 0 Å². The summed E-state index contributed by atoms with van der Waals surface area (Å²) in [4.78, 5) is 7.85. The lowest BCUT2D eigenvalue weighted by Crippen LogP contribution is -2.48. The van der Waals surface area contributed by atoms with Crippen molar-refractivity contribution in [2.45, 2.75) is 17.8 Å². The van der Waals surface area contributed by atoms with Crippen LogP contribution in [0.2, 0.25) is 0 Å². The zero-order valence-corrected chi connectivity index (χ0v) is 16.2. The molecular formula is C21H15F5N4O2. The van der Waals surface area contributed by atoms with Crippen molar-refractivity contribution in [3.63, 3.8) is 0 Å². The zero-order valence-electron chi connectivity index (χ0n) is 16.2. The summed E-state index contributed by atoms with van der Waals surface area (Å²) in [5.74, 6) is -3.01. The minimum atomic E-state index is -4.72. The van der Waals surface area contributed by atoms with Crippen molar-refractivity contribution in [1.29, 1.82) is 5.26 Å². The lowest BCUT2D eigenvalue weighted by Gasteiger charge is -2.36. The van der Waals surface area contributed by atoms with E-state index >= 15 is 0 Å². The van der Waals surface area contributed by atoms with Crippen LogP contribution in [0.4, 0.5) is 22.0 Å². The molecule has 3 atom stereocenters. The number of nitriles is 1. The van der Waals surface area contributed by atoms with E-state index in [-0.39, 0.29) is 28.4 Å². The largest absolute Gasteiger partial charge is 0.465 e. The fourth-order valence-electron chi connectivity index (χ4n) is 3.88. The van der Waals surface area contributed by atoms with E-state index in [1.165, 1.54) is 30.5 Å². The summed E-state index contributed by atoms with van der Waals surface area (Å²) < 4.78 is 79.9. The van der Waals surface area contributed by atoms with Crippen LogP contribution in [0.15, 0.2) is 41.5 Å². The van der Waals surface area contributed by atoms with Crippen LogP contribution in [-0.4, -0.2) is 36.5 Å². The van der Waals surface area contributed by atoms with Crippen LogP contribution in [0, 0.1) is 23.1 Å². The van der Waals surface area contributed by atoms with Crippen molar-refractivity contribution >= 4 is 17.9 Å². The fraction of sp³-hybridized carbons (Fsp3) is 0.286. The first-order chi connectivity index (χ1) is 15.1. The van der Waals surface area contributed by atoms with E-state index in [0.29, 0.717) is 0 Å². The van der Waals surface area contributed by atoms with Crippen LogP contribution < -0.4 is 5.73 Å². The Kier molecular flexibility index (Phi) is 5.34. The Morgan fingerprint density at radius 1 is 1.28 bits per heavy atom. The standard InChI is InChI=1S/C21H15F5N4O2/c22-15-3-1-11(6-16(23)17-4-2-12(7-27)8-29-17)5-13(15)20-10-32-18(21(24,25)26)14(20)9-31-19(28)30-20/h1-6,8,14,18H,9-10H2,(H2,28,30)/b16-6-/t14-,18+,20-/m1/s1. The normalized spacial score (nSPS) is 25.5. The number of fused-ring (bicyclic) bond motifs is 1. The maximum Gasteiger partial charge on any atom is 0.415 e. The van der Waals surface area contributed by atoms with Crippen LogP contribution in [0.25, 0.3) is 11.9 Å². The number of hydrogen-bond donors (Lipinski definition) is 1. The number of halogens is 5. The SMILES string of the molecule is N#Cc1ccc(/C(F)=C/c2ccc(F)c([C@]34CO[C@H](C(F)(F)F)[C@H]3COC(N)=N4)c2)nc1. The quantitative estimate of drug-likeness (QED) is 0.721. The molecule has 6 nitrogen and oxygen atoms in total. The highest BCUT2D eigenvalue weighted by atomic mass is 19.4. The van der Waals surface area contributed by atoms with E-state index in [4.69, 9.17) is 20.5 Å². The number of ether oxygens (including phenoxy) is 2. The minimum absolute atomic E-state index is 0.0689. The molecule has 2 aliphatic heterocycles. The fourth-order valence-corrected chi connectivity index (χ4v) is 3.88. The number of pyridine rings is 1.